The summed E-state index contributed by atoms with van der Waals surface area (Å²) in [6, 6.07) is 0. The number of hydrogen-bond donors (Lipinski definition) is 2. The summed E-state index contributed by atoms with van der Waals surface area (Å²) >= 11 is 0. The Morgan fingerprint density at radius 1 is 0.933 bits per heavy atom. The van der Waals surface area contributed by atoms with Gasteiger partial charge in [0.1, 0.15) is 0 Å². The van der Waals surface area contributed by atoms with Crippen LogP contribution in [-0.4, -0.2) is 33.2 Å². The van der Waals surface area contributed by atoms with Crippen LogP contribution in [0.1, 0.15) is 26.7 Å². The van der Waals surface area contributed by atoms with Gasteiger partial charge in [-0.3, -0.25) is 0 Å². The maximum Gasteiger partial charge on any atom is 0.197 e. The number of nitrogens with zero attached hydrogens (tertiary/aromatic N) is 4. The van der Waals surface area contributed by atoms with Crippen LogP contribution in [-0.2, 0) is 17.1 Å². The zero-order valence-electron chi connectivity index (χ0n) is 8.63. The van der Waals surface area contributed by atoms with Crippen molar-refractivity contribution in [1.29, 1.82) is 0 Å². The maximum absolute atomic E-state index is 9.91. The standard InChI is InChI=1S/2C3H8N2O2.Cu/c2*1-2-3-5(7)4-6;/h2*6H,2-3H2,1H3;/b2*5-4-;. The molecule has 0 unspecified atom stereocenters. The molecule has 2 N–H and O–H groups in total. The molecule has 0 aromatic heterocycles. The third-order valence-corrected chi connectivity index (χ3v) is 1.03. The topological polar surface area (TPSA) is 117 Å². The Balaban J connectivity index is -0.000000180. The van der Waals surface area contributed by atoms with Gasteiger partial charge in [-0.2, -0.15) is 0 Å². The fourth-order valence-corrected chi connectivity index (χ4v) is 0.472. The van der Waals surface area contributed by atoms with Crippen LogP contribution < -0.4 is 0 Å². The molecule has 0 saturated heterocycles. The molecule has 0 bridgehead atoms. The fraction of sp³-hybridized carbons (Fsp3) is 1.00. The van der Waals surface area contributed by atoms with Gasteiger partial charge in [-0.05, 0) is 0 Å². The Kier molecular flexibility index (Phi) is 20.0. The van der Waals surface area contributed by atoms with E-state index in [4.69, 9.17) is 10.4 Å². The predicted molar refractivity (Wildman–Crippen MR) is 46.0 cm³/mol. The van der Waals surface area contributed by atoms with E-state index in [-0.39, 0.29) is 39.9 Å². The van der Waals surface area contributed by atoms with Crippen LogP contribution in [0.5, 0.6) is 0 Å². The second kappa shape index (κ2) is 15.4. The molecule has 0 heterocycles. The van der Waals surface area contributed by atoms with Gasteiger partial charge < -0.3 is 20.8 Å². The predicted octanol–water partition coefficient (Wildman–Crippen LogP) is 1.49. The number of hydrogen-bond acceptors (Lipinski definition) is 4. The Labute approximate surface area is 98.5 Å². The summed E-state index contributed by atoms with van der Waals surface area (Å²) in [5, 5.41) is 39.9. The minimum Gasteiger partial charge on any atom is -0.597 e. The molecular weight excluding hydrogens is 256 g/mol. The first-order chi connectivity index (χ1) is 6.62. The van der Waals surface area contributed by atoms with Crippen LogP contribution in [0.3, 0.4) is 0 Å². The summed E-state index contributed by atoms with van der Waals surface area (Å²) in [7, 11) is 0. The molecule has 0 rings (SSSR count). The molecule has 95 valence electrons. The SMILES string of the molecule is CCC/[N+]([O-])=N/O.CCC/[N+]([O-])=N/O.[Cu]. The van der Waals surface area contributed by atoms with Gasteiger partial charge in [-0.25, -0.2) is 0 Å². The van der Waals surface area contributed by atoms with Gasteiger partial charge in [0.15, 0.2) is 23.6 Å². The van der Waals surface area contributed by atoms with E-state index in [1.165, 1.54) is 0 Å². The quantitative estimate of drug-likeness (QED) is 0.348. The van der Waals surface area contributed by atoms with Crippen molar-refractivity contribution >= 4 is 0 Å². The molecule has 0 aromatic rings. The average Bonchev–Trinajstić information content (AvgIpc) is 2.19. The van der Waals surface area contributed by atoms with Crippen molar-refractivity contribution in [3.63, 3.8) is 0 Å². The monoisotopic (exact) mass is 271 g/mol. The number of hydroxylamine groups is 2. The molecule has 9 heteroatoms. The second-order valence-electron chi connectivity index (χ2n) is 2.33. The summed E-state index contributed by atoms with van der Waals surface area (Å²) in [6.45, 7) is 4.18. The van der Waals surface area contributed by atoms with Crippen LogP contribution in [0.4, 0.5) is 0 Å². The van der Waals surface area contributed by atoms with Crippen molar-refractivity contribution in [2.24, 2.45) is 10.6 Å². The van der Waals surface area contributed by atoms with E-state index in [0.29, 0.717) is 12.8 Å². The van der Waals surface area contributed by atoms with Gasteiger partial charge in [0.25, 0.3) is 0 Å². The molecule has 1 radical (unpaired) electrons. The summed E-state index contributed by atoms with van der Waals surface area (Å²) in [4.78, 5) is 0.472. The zero-order valence-corrected chi connectivity index (χ0v) is 9.57. The van der Waals surface area contributed by atoms with E-state index < -0.39 is 0 Å². The first-order valence-corrected chi connectivity index (χ1v) is 4.21. The molecule has 0 spiro atoms. The van der Waals surface area contributed by atoms with Gasteiger partial charge in [0.05, 0.1) is 0 Å². The van der Waals surface area contributed by atoms with E-state index in [1.54, 1.807) is 0 Å². The van der Waals surface area contributed by atoms with Crippen molar-refractivity contribution < 1.29 is 37.2 Å². The van der Waals surface area contributed by atoms with E-state index in [0.717, 1.165) is 0 Å². The molecule has 8 nitrogen and oxygen atoms in total. The van der Waals surface area contributed by atoms with Crippen LogP contribution in [0.2, 0.25) is 0 Å². The van der Waals surface area contributed by atoms with Crippen molar-refractivity contribution in [3.05, 3.63) is 10.4 Å². The van der Waals surface area contributed by atoms with Crippen molar-refractivity contribution in [1.82, 2.24) is 0 Å². The molecule has 0 fully saturated rings. The molecule has 0 aliphatic heterocycles. The van der Waals surface area contributed by atoms with Crippen LogP contribution >= 0.6 is 0 Å². The molecule has 0 saturated carbocycles. The zero-order chi connectivity index (χ0) is 11.4. The largest absolute Gasteiger partial charge is 0.597 e. The smallest absolute Gasteiger partial charge is 0.197 e. The minimum atomic E-state index is 0. The van der Waals surface area contributed by atoms with Gasteiger partial charge in [-0.1, -0.05) is 23.6 Å². The molecule has 0 aromatic carbocycles. The van der Waals surface area contributed by atoms with Crippen molar-refractivity contribution in [3.8, 4) is 0 Å². The first kappa shape index (κ1) is 19.5. The van der Waals surface area contributed by atoms with E-state index in [2.05, 4.69) is 10.6 Å². The molecule has 0 atom stereocenters. The van der Waals surface area contributed by atoms with Gasteiger partial charge in [-0.15, -0.1) is 0 Å². The van der Waals surface area contributed by atoms with E-state index in [1.807, 2.05) is 13.8 Å². The third kappa shape index (κ3) is 19.4. The van der Waals surface area contributed by atoms with Crippen LogP contribution in [0.25, 0.3) is 0 Å². The average molecular weight is 272 g/mol. The Bertz CT molecular complexity index is 168. The summed E-state index contributed by atoms with van der Waals surface area (Å²) in [5.74, 6) is 0. The molecule has 0 aliphatic carbocycles. The fourth-order valence-electron chi connectivity index (χ4n) is 0.472. The van der Waals surface area contributed by atoms with Crippen LogP contribution in [0, 0.1) is 10.4 Å². The molecular formula is C6H16CuN4O4. The second-order valence-corrected chi connectivity index (χ2v) is 2.33. The first-order valence-electron chi connectivity index (χ1n) is 4.21. The van der Waals surface area contributed by atoms with Gasteiger partial charge in [0, 0.05) is 29.9 Å². The third-order valence-electron chi connectivity index (χ3n) is 1.03. The normalized spacial score (nSPS) is 11.1. The summed E-state index contributed by atoms with van der Waals surface area (Å²) in [6.07, 6.45) is 1.40. The van der Waals surface area contributed by atoms with Gasteiger partial charge in [0.2, 0.25) is 0 Å². The van der Waals surface area contributed by atoms with Crippen molar-refractivity contribution in [2.45, 2.75) is 26.7 Å². The number of rotatable bonds is 4. The molecule has 0 amide bonds. The summed E-state index contributed by atoms with van der Waals surface area (Å²) < 4.78 is 0. The maximum atomic E-state index is 9.91. The van der Waals surface area contributed by atoms with Crippen molar-refractivity contribution in [2.75, 3.05) is 13.1 Å². The minimum absolute atomic E-state index is 0. The molecule has 0 aliphatic rings. The Morgan fingerprint density at radius 2 is 1.20 bits per heavy atom. The van der Waals surface area contributed by atoms with E-state index >= 15 is 0 Å². The Morgan fingerprint density at radius 3 is 1.27 bits per heavy atom. The van der Waals surface area contributed by atoms with Gasteiger partial charge >= 0.3 is 0 Å². The van der Waals surface area contributed by atoms with Crippen LogP contribution in [0.15, 0.2) is 10.6 Å². The van der Waals surface area contributed by atoms with E-state index in [9.17, 15) is 10.4 Å². The summed E-state index contributed by atoms with van der Waals surface area (Å²) in [5.41, 5.74) is 0. The molecule has 15 heavy (non-hydrogen) atoms. The Hall–Kier alpha value is -1.08.